The van der Waals surface area contributed by atoms with Gasteiger partial charge in [-0.05, 0) is 43.7 Å². The number of aromatic nitrogens is 5. The van der Waals surface area contributed by atoms with E-state index >= 15 is 0 Å². The van der Waals surface area contributed by atoms with Crippen molar-refractivity contribution in [3.05, 3.63) is 69.4 Å². The van der Waals surface area contributed by atoms with E-state index < -0.39 is 0 Å². The van der Waals surface area contributed by atoms with Gasteiger partial charge in [-0.2, -0.15) is 0 Å². The van der Waals surface area contributed by atoms with Gasteiger partial charge in [0.05, 0.1) is 18.0 Å². The monoisotopic (exact) mass is 486 g/mol. The second-order valence-electron chi connectivity index (χ2n) is 6.59. The molecule has 3 aromatic heterocycles. The zero-order valence-electron chi connectivity index (χ0n) is 17.3. The predicted octanol–water partition coefficient (Wildman–Crippen LogP) is 4.72. The van der Waals surface area contributed by atoms with Gasteiger partial charge >= 0.3 is 0 Å². The molecule has 1 N–H and O–H groups in total. The first-order chi connectivity index (χ1) is 15.6. The summed E-state index contributed by atoms with van der Waals surface area (Å²) in [4.78, 5) is 25.6. The number of rotatable bonds is 8. The maximum atomic E-state index is 12.0. The molecule has 11 heteroatoms. The molecule has 32 heavy (non-hydrogen) atoms. The number of hydrogen-bond acceptors (Lipinski definition) is 8. The lowest BCUT2D eigenvalue weighted by Gasteiger charge is -2.13. The van der Waals surface area contributed by atoms with Crippen LogP contribution in [0.25, 0.3) is 17.1 Å². The molecule has 8 nitrogen and oxygen atoms in total. The molecule has 0 aliphatic rings. The van der Waals surface area contributed by atoms with Gasteiger partial charge in [-0.1, -0.05) is 29.4 Å². The first kappa shape index (κ1) is 22.4. The summed E-state index contributed by atoms with van der Waals surface area (Å²) < 4.78 is 1.97. The standard InChI is InChI=1S/C21H19ClN6O2S2/c1-3-30-27-20(29)16-11-31-18(24-16)12-32-21-26-25-19(14-5-4-8-23-10-14)28(21)17-9-15(22)7-6-13(17)2/h4-11H,3,12H2,1-2H3,(H,27,29). The Kier molecular flexibility index (Phi) is 7.15. The topological polar surface area (TPSA) is 94.8 Å². The molecular weight excluding hydrogens is 468 g/mol. The highest BCUT2D eigenvalue weighted by atomic mass is 35.5. The van der Waals surface area contributed by atoms with Crippen LogP contribution in [-0.2, 0) is 10.6 Å². The molecule has 4 aromatic rings. The van der Waals surface area contributed by atoms with Crippen molar-refractivity contribution < 1.29 is 9.63 Å². The van der Waals surface area contributed by atoms with E-state index in [0.29, 0.717) is 34.1 Å². The first-order valence-electron chi connectivity index (χ1n) is 9.68. The van der Waals surface area contributed by atoms with E-state index in [-0.39, 0.29) is 5.91 Å². The smallest absolute Gasteiger partial charge is 0.274 e. The summed E-state index contributed by atoms with van der Waals surface area (Å²) in [6.45, 7) is 4.19. The molecule has 164 valence electrons. The average molecular weight is 487 g/mol. The van der Waals surface area contributed by atoms with E-state index in [9.17, 15) is 4.79 Å². The number of nitrogens with one attached hydrogen (secondary N) is 1. The Morgan fingerprint density at radius 1 is 1.31 bits per heavy atom. The summed E-state index contributed by atoms with van der Waals surface area (Å²) in [5.41, 5.74) is 5.44. The summed E-state index contributed by atoms with van der Waals surface area (Å²) in [5, 5.41) is 12.6. The number of thiazole rings is 1. The summed E-state index contributed by atoms with van der Waals surface area (Å²) in [7, 11) is 0. The number of hydrogen-bond donors (Lipinski definition) is 1. The molecule has 0 saturated carbocycles. The molecular formula is C21H19ClN6O2S2. The lowest BCUT2D eigenvalue weighted by Crippen LogP contribution is -2.23. The van der Waals surface area contributed by atoms with Crippen LogP contribution >= 0.6 is 34.7 Å². The van der Waals surface area contributed by atoms with Crippen molar-refractivity contribution in [2.45, 2.75) is 24.8 Å². The van der Waals surface area contributed by atoms with Gasteiger partial charge < -0.3 is 0 Å². The normalized spacial score (nSPS) is 11.0. The minimum Gasteiger partial charge on any atom is -0.274 e. The third-order valence-electron chi connectivity index (χ3n) is 4.38. The molecule has 1 aromatic carbocycles. The molecule has 3 heterocycles. The Labute approximate surface area is 198 Å². The van der Waals surface area contributed by atoms with Crippen LogP contribution in [0, 0.1) is 6.92 Å². The van der Waals surface area contributed by atoms with Gasteiger partial charge in [0.1, 0.15) is 10.7 Å². The van der Waals surface area contributed by atoms with E-state index in [1.165, 1.54) is 23.1 Å². The summed E-state index contributed by atoms with van der Waals surface area (Å²) in [6, 6.07) is 9.50. The average Bonchev–Trinajstić information content (AvgIpc) is 3.45. The fraction of sp³-hybridized carbons (Fsp3) is 0.190. The van der Waals surface area contributed by atoms with Crippen LogP contribution in [0.1, 0.15) is 28.0 Å². The summed E-state index contributed by atoms with van der Waals surface area (Å²) >= 11 is 9.18. The van der Waals surface area contributed by atoms with Gasteiger partial charge in [-0.15, -0.1) is 21.5 Å². The molecule has 0 aliphatic carbocycles. The molecule has 0 aliphatic heterocycles. The number of carbonyl (C=O) groups excluding carboxylic acids is 1. The number of hydroxylamine groups is 1. The van der Waals surface area contributed by atoms with E-state index in [0.717, 1.165) is 21.8 Å². The predicted molar refractivity (Wildman–Crippen MR) is 125 cm³/mol. The first-order valence-corrected chi connectivity index (χ1v) is 11.9. The van der Waals surface area contributed by atoms with Gasteiger partial charge in [0.15, 0.2) is 11.0 Å². The zero-order chi connectivity index (χ0) is 22.5. The Hall–Kier alpha value is -2.79. The Morgan fingerprint density at radius 3 is 2.97 bits per heavy atom. The number of thioether (sulfide) groups is 1. The SMILES string of the molecule is CCONC(=O)c1csc(CSc2nnc(-c3cccnc3)n2-c2cc(Cl)ccc2C)n1. The van der Waals surface area contributed by atoms with E-state index in [4.69, 9.17) is 16.4 Å². The second-order valence-corrected chi connectivity index (χ2v) is 8.92. The molecule has 0 saturated heterocycles. The summed E-state index contributed by atoms with van der Waals surface area (Å²) in [5.74, 6) is 0.829. The van der Waals surface area contributed by atoms with Crippen LogP contribution in [0.4, 0.5) is 0 Å². The van der Waals surface area contributed by atoms with Gasteiger partial charge in [0, 0.05) is 28.4 Å². The molecule has 0 atom stereocenters. The number of amides is 1. The quantitative estimate of drug-likeness (QED) is 0.284. The number of nitrogens with zero attached hydrogens (tertiary/aromatic N) is 5. The molecule has 0 fully saturated rings. The second kappa shape index (κ2) is 10.2. The molecule has 4 rings (SSSR count). The number of carbonyl (C=O) groups is 1. The number of halogens is 1. The molecule has 0 radical (unpaired) electrons. The van der Waals surface area contributed by atoms with Crippen molar-refractivity contribution in [3.8, 4) is 17.1 Å². The van der Waals surface area contributed by atoms with Gasteiger partial charge in [0.25, 0.3) is 5.91 Å². The highest BCUT2D eigenvalue weighted by molar-refractivity contribution is 7.98. The van der Waals surface area contributed by atoms with Crippen molar-refractivity contribution in [1.82, 2.24) is 30.2 Å². The number of pyridine rings is 1. The van der Waals surface area contributed by atoms with Crippen molar-refractivity contribution >= 4 is 40.6 Å². The molecule has 0 bridgehead atoms. The van der Waals surface area contributed by atoms with Gasteiger partial charge in [-0.25, -0.2) is 10.5 Å². The number of benzene rings is 1. The highest BCUT2D eigenvalue weighted by Crippen LogP contribution is 2.32. The third kappa shape index (κ3) is 4.99. The Bertz CT molecular complexity index is 1230. The van der Waals surface area contributed by atoms with Crippen LogP contribution in [0.2, 0.25) is 5.02 Å². The molecule has 1 amide bonds. The largest absolute Gasteiger partial charge is 0.294 e. The van der Waals surface area contributed by atoms with Crippen LogP contribution < -0.4 is 5.48 Å². The van der Waals surface area contributed by atoms with Gasteiger partial charge in [-0.3, -0.25) is 19.2 Å². The van der Waals surface area contributed by atoms with Crippen molar-refractivity contribution in [2.75, 3.05) is 6.61 Å². The minimum absolute atomic E-state index is 0.322. The van der Waals surface area contributed by atoms with Crippen LogP contribution in [0.3, 0.4) is 0 Å². The third-order valence-corrected chi connectivity index (χ3v) is 6.59. The van der Waals surface area contributed by atoms with Crippen molar-refractivity contribution in [1.29, 1.82) is 0 Å². The lowest BCUT2D eigenvalue weighted by molar-refractivity contribution is 0.0360. The van der Waals surface area contributed by atoms with Crippen molar-refractivity contribution in [2.24, 2.45) is 0 Å². The van der Waals surface area contributed by atoms with Crippen LogP contribution in [0.15, 0.2) is 53.3 Å². The maximum absolute atomic E-state index is 12.0. The van der Waals surface area contributed by atoms with Crippen molar-refractivity contribution in [3.63, 3.8) is 0 Å². The molecule has 0 unspecified atom stereocenters. The number of aryl methyl sites for hydroxylation is 1. The fourth-order valence-electron chi connectivity index (χ4n) is 2.88. The summed E-state index contributed by atoms with van der Waals surface area (Å²) in [6.07, 6.45) is 3.46. The highest BCUT2D eigenvalue weighted by Gasteiger charge is 2.19. The van der Waals surface area contributed by atoms with E-state index in [1.54, 1.807) is 24.7 Å². The minimum atomic E-state index is -0.365. The van der Waals surface area contributed by atoms with E-state index in [1.807, 2.05) is 41.8 Å². The van der Waals surface area contributed by atoms with Crippen LogP contribution in [0.5, 0.6) is 0 Å². The maximum Gasteiger partial charge on any atom is 0.294 e. The van der Waals surface area contributed by atoms with Crippen LogP contribution in [-0.4, -0.2) is 37.2 Å². The lowest BCUT2D eigenvalue weighted by atomic mass is 10.2. The van der Waals surface area contributed by atoms with E-state index in [2.05, 4.69) is 25.6 Å². The zero-order valence-corrected chi connectivity index (χ0v) is 19.7. The fourth-order valence-corrected chi connectivity index (χ4v) is 4.79. The Balaban J connectivity index is 1.64. The van der Waals surface area contributed by atoms with Gasteiger partial charge in [0.2, 0.25) is 0 Å². The molecule has 0 spiro atoms. The Morgan fingerprint density at radius 2 is 2.19 bits per heavy atom.